The lowest BCUT2D eigenvalue weighted by atomic mass is 9.81. The van der Waals surface area contributed by atoms with Crippen LogP contribution in [0.5, 0.6) is 5.75 Å². The minimum Gasteiger partial charge on any atom is -0.494 e. The summed E-state index contributed by atoms with van der Waals surface area (Å²) >= 11 is 7.69. The van der Waals surface area contributed by atoms with Crippen molar-refractivity contribution in [3.8, 4) is 11.4 Å². The second kappa shape index (κ2) is 16.8. The number of nitrogens with zero attached hydrogens (tertiary/aromatic N) is 3. The topological polar surface area (TPSA) is 73.2 Å². The molecule has 3 aromatic carbocycles. The van der Waals surface area contributed by atoms with Crippen LogP contribution in [-0.4, -0.2) is 62.3 Å². The highest BCUT2D eigenvalue weighted by atomic mass is 35.5. The highest BCUT2D eigenvalue weighted by molar-refractivity contribution is 7.98. The maximum atomic E-state index is 15.5. The van der Waals surface area contributed by atoms with Crippen LogP contribution >= 0.6 is 23.4 Å². The van der Waals surface area contributed by atoms with Crippen molar-refractivity contribution >= 4 is 33.4 Å². The molecule has 4 aromatic rings. The standard InChI is InChI=1S/C35H43ClF3N4O3S2.CH4/c1-7-43(8-2,9-3)18-10-17-41-48(44,45)27-20-29(36)28(31(39)21-27)23-47-34-40-22-33(42(34)26-14-12-25(37)13-15-26)35(4,5)24-11-16-30(38)32(19-24)46-6;/h11-16,19-22,41H,7-10,17-18,23H2,1-6H3;1H4/q+1;. The third kappa shape index (κ3) is 9.02. The monoisotopic (exact) mass is 739 g/mol. The summed E-state index contributed by atoms with van der Waals surface area (Å²) in [5.74, 6) is -1.53. The van der Waals surface area contributed by atoms with E-state index in [1.165, 1.54) is 43.1 Å². The first-order valence-electron chi connectivity index (χ1n) is 15.9. The highest BCUT2D eigenvalue weighted by Gasteiger charge is 2.31. The van der Waals surface area contributed by atoms with E-state index in [0.717, 1.165) is 42.3 Å². The van der Waals surface area contributed by atoms with Crippen molar-refractivity contribution in [2.45, 2.75) is 69.7 Å². The number of nitrogens with one attached hydrogen (secondary N) is 1. The maximum Gasteiger partial charge on any atom is 0.240 e. The molecule has 0 radical (unpaired) electrons. The van der Waals surface area contributed by atoms with Crippen LogP contribution in [0.1, 0.15) is 65.3 Å². The van der Waals surface area contributed by atoms with Crippen molar-refractivity contribution in [3.05, 3.63) is 100 Å². The zero-order chi connectivity index (χ0) is 35.3. The van der Waals surface area contributed by atoms with Crippen LogP contribution in [0.25, 0.3) is 5.69 Å². The van der Waals surface area contributed by atoms with Gasteiger partial charge in [-0.05, 0) is 74.9 Å². The molecule has 0 saturated heterocycles. The molecule has 0 unspecified atom stereocenters. The Labute approximate surface area is 298 Å². The zero-order valence-corrected chi connectivity index (χ0v) is 30.5. The summed E-state index contributed by atoms with van der Waals surface area (Å²) in [6.45, 7) is 14.2. The van der Waals surface area contributed by atoms with Gasteiger partial charge in [0.1, 0.15) is 11.6 Å². The molecule has 1 aromatic heterocycles. The molecule has 0 atom stereocenters. The van der Waals surface area contributed by atoms with Crippen LogP contribution in [0.15, 0.2) is 70.8 Å². The number of methoxy groups -OCH3 is 1. The number of hydrogen-bond donors (Lipinski definition) is 1. The minimum atomic E-state index is -3.99. The number of thioether (sulfide) groups is 1. The number of rotatable bonds is 16. The largest absolute Gasteiger partial charge is 0.494 e. The van der Waals surface area contributed by atoms with E-state index >= 15 is 4.39 Å². The average Bonchev–Trinajstić information content (AvgIpc) is 3.50. The molecule has 4 rings (SSSR count). The summed E-state index contributed by atoms with van der Waals surface area (Å²) < 4.78 is 80.3. The van der Waals surface area contributed by atoms with Crippen LogP contribution in [-0.2, 0) is 21.2 Å². The Morgan fingerprint density at radius 3 is 2.22 bits per heavy atom. The molecule has 0 saturated carbocycles. The summed E-state index contributed by atoms with van der Waals surface area (Å²) in [5.41, 5.74) is 1.46. The van der Waals surface area contributed by atoms with Gasteiger partial charge in [-0.1, -0.05) is 50.7 Å². The fourth-order valence-corrected chi connectivity index (χ4v) is 8.33. The Balaban J connectivity index is 0.00000650. The van der Waals surface area contributed by atoms with Gasteiger partial charge in [0.05, 0.1) is 50.1 Å². The van der Waals surface area contributed by atoms with Gasteiger partial charge in [0.2, 0.25) is 10.0 Å². The summed E-state index contributed by atoms with van der Waals surface area (Å²) in [5, 5.41) is 0.439. The number of sulfonamides is 1. The smallest absolute Gasteiger partial charge is 0.240 e. The lowest BCUT2D eigenvalue weighted by Gasteiger charge is -2.35. The predicted molar refractivity (Wildman–Crippen MR) is 193 cm³/mol. The summed E-state index contributed by atoms with van der Waals surface area (Å²) in [6.07, 6.45) is 2.32. The number of aromatic nitrogens is 2. The molecule has 7 nitrogen and oxygen atoms in total. The van der Waals surface area contributed by atoms with E-state index in [-0.39, 0.29) is 41.0 Å². The average molecular weight is 740 g/mol. The van der Waals surface area contributed by atoms with E-state index in [9.17, 15) is 17.2 Å². The molecule has 0 fully saturated rings. The van der Waals surface area contributed by atoms with Crippen LogP contribution in [0.3, 0.4) is 0 Å². The van der Waals surface area contributed by atoms with Crippen LogP contribution in [0.2, 0.25) is 5.02 Å². The van der Waals surface area contributed by atoms with E-state index in [1.807, 2.05) is 18.4 Å². The van der Waals surface area contributed by atoms with Gasteiger partial charge in [-0.25, -0.2) is 31.3 Å². The molecular formula is C36H47ClF3N4O3S2+. The van der Waals surface area contributed by atoms with Crippen molar-refractivity contribution in [2.24, 2.45) is 0 Å². The molecule has 49 heavy (non-hydrogen) atoms. The van der Waals surface area contributed by atoms with Crippen molar-refractivity contribution in [1.82, 2.24) is 14.3 Å². The number of ether oxygens (including phenoxy) is 1. The molecule has 13 heteroatoms. The third-order valence-corrected chi connectivity index (χ3v) is 12.0. The molecule has 0 aliphatic heterocycles. The first-order valence-corrected chi connectivity index (χ1v) is 18.7. The molecule has 1 heterocycles. The van der Waals surface area contributed by atoms with Crippen LogP contribution < -0.4 is 9.46 Å². The lowest BCUT2D eigenvalue weighted by Crippen LogP contribution is -2.48. The van der Waals surface area contributed by atoms with Crippen LogP contribution in [0, 0.1) is 17.5 Å². The number of halogens is 4. The SMILES string of the molecule is C.CC[N+](CC)(CC)CCCNS(=O)(=O)c1cc(F)c(CSc2ncc(C(C)(C)c3ccc(F)c(OC)c3)n2-c2ccc(F)cc2)c(Cl)c1. The normalized spacial score (nSPS) is 12.2. The minimum absolute atomic E-state index is 0. The summed E-state index contributed by atoms with van der Waals surface area (Å²) in [6, 6.07) is 12.8. The molecule has 0 aliphatic rings. The van der Waals surface area contributed by atoms with Crippen LogP contribution in [0.4, 0.5) is 13.2 Å². The Bertz CT molecular complexity index is 1800. The van der Waals surface area contributed by atoms with Crippen molar-refractivity contribution in [1.29, 1.82) is 0 Å². The second-order valence-electron chi connectivity index (χ2n) is 12.1. The van der Waals surface area contributed by atoms with E-state index in [1.54, 1.807) is 30.5 Å². The van der Waals surface area contributed by atoms with Crippen molar-refractivity contribution < 1.29 is 30.8 Å². The molecule has 1 N–H and O–H groups in total. The highest BCUT2D eigenvalue weighted by Crippen LogP contribution is 2.39. The Morgan fingerprint density at radius 1 is 0.980 bits per heavy atom. The number of benzene rings is 3. The first-order chi connectivity index (χ1) is 22.7. The van der Waals surface area contributed by atoms with E-state index < -0.39 is 32.9 Å². The van der Waals surface area contributed by atoms with E-state index in [2.05, 4.69) is 30.5 Å². The van der Waals surface area contributed by atoms with Gasteiger partial charge in [0.15, 0.2) is 16.7 Å². The Morgan fingerprint density at radius 2 is 1.63 bits per heavy atom. The molecule has 0 spiro atoms. The van der Waals surface area contributed by atoms with Gasteiger partial charge in [0, 0.05) is 40.4 Å². The van der Waals surface area contributed by atoms with Gasteiger partial charge in [0.25, 0.3) is 0 Å². The number of imidazole rings is 1. The number of quaternary nitrogens is 1. The number of hydrogen-bond acceptors (Lipinski definition) is 5. The predicted octanol–water partition coefficient (Wildman–Crippen LogP) is 8.75. The summed E-state index contributed by atoms with van der Waals surface area (Å²) in [7, 11) is -2.59. The van der Waals surface area contributed by atoms with Crippen molar-refractivity contribution in [3.63, 3.8) is 0 Å². The zero-order valence-electron chi connectivity index (χ0n) is 28.1. The lowest BCUT2D eigenvalue weighted by molar-refractivity contribution is -0.923. The first kappa shape index (κ1) is 40.4. The molecule has 0 aliphatic carbocycles. The molecule has 0 amide bonds. The fourth-order valence-electron chi connectivity index (χ4n) is 5.77. The summed E-state index contributed by atoms with van der Waals surface area (Å²) in [4.78, 5) is 4.39. The van der Waals surface area contributed by atoms with Gasteiger partial charge >= 0.3 is 0 Å². The van der Waals surface area contributed by atoms with Gasteiger partial charge < -0.3 is 9.22 Å². The molecule has 268 valence electrons. The Kier molecular flexibility index (Phi) is 13.8. The van der Waals surface area contributed by atoms with Crippen molar-refractivity contribution in [2.75, 3.05) is 39.8 Å². The maximum absolute atomic E-state index is 15.5. The quantitative estimate of drug-likeness (QED) is 0.0707. The fraction of sp³-hybridized carbons (Fsp3) is 0.417. The van der Waals surface area contributed by atoms with Gasteiger partial charge in [-0.3, -0.25) is 4.57 Å². The molecule has 0 bridgehead atoms. The Hall–Kier alpha value is -3.03. The van der Waals surface area contributed by atoms with E-state index in [4.69, 9.17) is 16.3 Å². The van der Waals surface area contributed by atoms with Gasteiger partial charge in [-0.2, -0.15) is 0 Å². The van der Waals surface area contributed by atoms with Gasteiger partial charge in [-0.15, -0.1) is 0 Å². The third-order valence-electron chi connectivity index (χ3n) is 9.21. The second-order valence-corrected chi connectivity index (χ2v) is 15.2. The van der Waals surface area contributed by atoms with E-state index in [0.29, 0.717) is 23.0 Å². The molecular weight excluding hydrogens is 693 g/mol.